The number of aromatic nitrogens is 1. The van der Waals surface area contributed by atoms with E-state index in [9.17, 15) is 13.2 Å². The van der Waals surface area contributed by atoms with Gasteiger partial charge in [-0.05, 0) is 18.6 Å². The highest BCUT2D eigenvalue weighted by atomic mass is 32.2. The molecule has 0 radical (unpaired) electrons. The molecule has 140 valence electrons. The van der Waals surface area contributed by atoms with E-state index >= 15 is 0 Å². The van der Waals surface area contributed by atoms with Crippen LogP contribution in [0.15, 0.2) is 60.0 Å². The fraction of sp³-hybridized carbons (Fsp3) is 0.158. The Morgan fingerprint density at radius 2 is 1.78 bits per heavy atom. The molecule has 0 spiro atoms. The van der Waals surface area contributed by atoms with E-state index in [1.54, 1.807) is 25.1 Å². The van der Waals surface area contributed by atoms with E-state index in [0.29, 0.717) is 10.8 Å². The standard InChI is InChI=1S/C19H19N3O3S2/c1-14-8-6-7-11-17(14)22(27(2,24)25)12-18(23)21-19-20-16(13-26-19)15-9-4-3-5-10-15/h3-11,13H,12H2,1-2H3,(H,20,21,23). The van der Waals surface area contributed by atoms with Gasteiger partial charge in [0, 0.05) is 10.9 Å². The number of carbonyl (C=O) groups is 1. The van der Waals surface area contributed by atoms with Crippen molar-refractivity contribution in [1.29, 1.82) is 0 Å². The quantitative estimate of drug-likeness (QED) is 0.685. The molecule has 27 heavy (non-hydrogen) atoms. The molecule has 0 fully saturated rings. The number of aryl methyl sites for hydroxylation is 1. The lowest BCUT2D eigenvalue weighted by molar-refractivity contribution is -0.114. The molecule has 1 N–H and O–H groups in total. The van der Waals surface area contributed by atoms with E-state index in [4.69, 9.17) is 0 Å². The number of benzene rings is 2. The normalized spacial score (nSPS) is 11.2. The number of thiazole rings is 1. The molecular weight excluding hydrogens is 382 g/mol. The van der Waals surface area contributed by atoms with Crippen LogP contribution in [-0.4, -0.2) is 32.1 Å². The minimum absolute atomic E-state index is 0.316. The Morgan fingerprint density at radius 1 is 1.11 bits per heavy atom. The molecular formula is C19H19N3O3S2. The summed E-state index contributed by atoms with van der Waals surface area (Å²) in [6, 6.07) is 16.7. The second-order valence-corrected chi connectivity index (χ2v) is 8.77. The zero-order valence-corrected chi connectivity index (χ0v) is 16.5. The summed E-state index contributed by atoms with van der Waals surface area (Å²) in [7, 11) is -3.61. The number of anilines is 2. The molecule has 0 aliphatic carbocycles. The van der Waals surface area contributed by atoms with Gasteiger partial charge in [-0.3, -0.25) is 9.10 Å². The van der Waals surface area contributed by atoms with Crippen molar-refractivity contribution in [2.75, 3.05) is 22.4 Å². The van der Waals surface area contributed by atoms with Gasteiger partial charge in [0.2, 0.25) is 15.9 Å². The Hall–Kier alpha value is -2.71. The van der Waals surface area contributed by atoms with Crippen LogP contribution < -0.4 is 9.62 Å². The van der Waals surface area contributed by atoms with Gasteiger partial charge in [0.25, 0.3) is 0 Å². The van der Waals surface area contributed by atoms with Gasteiger partial charge in [0.1, 0.15) is 6.54 Å². The first kappa shape index (κ1) is 19.1. The molecule has 3 rings (SSSR count). The third kappa shape index (κ3) is 4.72. The van der Waals surface area contributed by atoms with Crippen molar-refractivity contribution in [2.45, 2.75) is 6.92 Å². The summed E-state index contributed by atoms with van der Waals surface area (Å²) in [6.45, 7) is 1.49. The van der Waals surface area contributed by atoms with Crippen LogP contribution in [0.2, 0.25) is 0 Å². The molecule has 0 unspecified atom stereocenters. The van der Waals surface area contributed by atoms with Gasteiger partial charge in [-0.25, -0.2) is 13.4 Å². The molecule has 0 atom stereocenters. The van der Waals surface area contributed by atoms with Crippen molar-refractivity contribution < 1.29 is 13.2 Å². The van der Waals surface area contributed by atoms with E-state index in [2.05, 4.69) is 10.3 Å². The summed E-state index contributed by atoms with van der Waals surface area (Å²) in [5, 5.41) is 4.96. The van der Waals surface area contributed by atoms with Gasteiger partial charge in [-0.2, -0.15) is 0 Å². The SMILES string of the molecule is Cc1ccccc1N(CC(=O)Nc1nc(-c2ccccc2)cs1)S(C)(=O)=O. The molecule has 3 aromatic rings. The van der Waals surface area contributed by atoms with Crippen LogP contribution in [0.5, 0.6) is 0 Å². The van der Waals surface area contributed by atoms with Crippen LogP contribution in [0.25, 0.3) is 11.3 Å². The molecule has 1 aromatic heterocycles. The second kappa shape index (κ2) is 7.89. The van der Waals surface area contributed by atoms with Gasteiger partial charge < -0.3 is 5.32 Å². The second-order valence-electron chi connectivity index (χ2n) is 6.01. The Morgan fingerprint density at radius 3 is 2.44 bits per heavy atom. The fourth-order valence-electron chi connectivity index (χ4n) is 2.59. The molecule has 8 heteroatoms. The number of nitrogens with zero attached hydrogens (tertiary/aromatic N) is 2. The summed E-state index contributed by atoms with van der Waals surface area (Å²) in [5.41, 5.74) is 2.97. The summed E-state index contributed by atoms with van der Waals surface area (Å²) >= 11 is 1.30. The van der Waals surface area contributed by atoms with Crippen LogP contribution in [0, 0.1) is 6.92 Å². The third-order valence-electron chi connectivity index (χ3n) is 3.89. The Balaban J connectivity index is 1.76. The van der Waals surface area contributed by atoms with Gasteiger partial charge >= 0.3 is 0 Å². The highest BCUT2D eigenvalue weighted by Gasteiger charge is 2.22. The number of amides is 1. The topological polar surface area (TPSA) is 79.4 Å². The van der Waals surface area contributed by atoms with Crippen LogP contribution in [0.4, 0.5) is 10.8 Å². The molecule has 6 nitrogen and oxygen atoms in total. The molecule has 0 saturated heterocycles. The van der Waals surface area contributed by atoms with Crippen molar-refractivity contribution in [3.8, 4) is 11.3 Å². The van der Waals surface area contributed by atoms with E-state index in [1.165, 1.54) is 11.3 Å². The molecule has 0 aliphatic rings. The lowest BCUT2D eigenvalue weighted by atomic mass is 10.2. The minimum Gasteiger partial charge on any atom is -0.300 e. The van der Waals surface area contributed by atoms with Crippen molar-refractivity contribution in [3.63, 3.8) is 0 Å². The first-order valence-corrected chi connectivity index (χ1v) is 10.9. The predicted molar refractivity (Wildman–Crippen MR) is 110 cm³/mol. The number of hydrogen-bond donors (Lipinski definition) is 1. The van der Waals surface area contributed by atoms with Gasteiger partial charge in [0.15, 0.2) is 5.13 Å². The summed E-state index contributed by atoms with van der Waals surface area (Å²) in [4.78, 5) is 16.8. The average molecular weight is 402 g/mol. The van der Waals surface area contributed by atoms with Crippen molar-refractivity contribution in [2.24, 2.45) is 0 Å². The summed E-state index contributed by atoms with van der Waals surface area (Å²) in [6.07, 6.45) is 1.09. The van der Waals surface area contributed by atoms with E-state index in [1.807, 2.05) is 41.8 Å². The highest BCUT2D eigenvalue weighted by Crippen LogP contribution is 2.25. The van der Waals surface area contributed by atoms with Gasteiger partial charge in [0.05, 0.1) is 17.6 Å². The highest BCUT2D eigenvalue weighted by molar-refractivity contribution is 7.92. The summed E-state index contributed by atoms with van der Waals surface area (Å²) in [5.74, 6) is -0.447. The molecule has 1 amide bonds. The van der Waals surface area contributed by atoms with Crippen molar-refractivity contribution in [1.82, 2.24) is 4.98 Å². The van der Waals surface area contributed by atoms with Crippen LogP contribution >= 0.6 is 11.3 Å². The van der Waals surface area contributed by atoms with Crippen molar-refractivity contribution >= 4 is 38.1 Å². The number of sulfonamides is 1. The first-order chi connectivity index (χ1) is 12.8. The fourth-order valence-corrected chi connectivity index (χ4v) is 4.24. The van der Waals surface area contributed by atoms with Gasteiger partial charge in [-0.15, -0.1) is 11.3 Å². The van der Waals surface area contributed by atoms with Crippen LogP contribution in [0.1, 0.15) is 5.56 Å². The number of carbonyl (C=O) groups excluding carboxylic acids is 1. The number of hydrogen-bond acceptors (Lipinski definition) is 5. The molecule has 0 aliphatic heterocycles. The van der Waals surface area contributed by atoms with E-state index < -0.39 is 15.9 Å². The predicted octanol–water partition coefficient (Wildman–Crippen LogP) is 3.52. The molecule has 2 aromatic carbocycles. The number of rotatable bonds is 6. The summed E-state index contributed by atoms with van der Waals surface area (Å²) < 4.78 is 25.5. The van der Waals surface area contributed by atoms with Crippen LogP contribution in [0.3, 0.4) is 0 Å². The van der Waals surface area contributed by atoms with Crippen molar-refractivity contribution in [3.05, 3.63) is 65.5 Å². The maximum atomic E-state index is 12.4. The number of nitrogens with one attached hydrogen (secondary N) is 1. The minimum atomic E-state index is -3.61. The van der Waals surface area contributed by atoms with Crippen LogP contribution in [-0.2, 0) is 14.8 Å². The Kier molecular flexibility index (Phi) is 5.57. The maximum Gasteiger partial charge on any atom is 0.246 e. The van der Waals surface area contributed by atoms with E-state index in [0.717, 1.165) is 27.4 Å². The molecule has 0 bridgehead atoms. The largest absolute Gasteiger partial charge is 0.300 e. The smallest absolute Gasteiger partial charge is 0.246 e. The monoisotopic (exact) mass is 401 g/mol. The zero-order chi connectivity index (χ0) is 19.4. The molecule has 1 heterocycles. The lowest BCUT2D eigenvalue weighted by Crippen LogP contribution is -2.37. The lowest BCUT2D eigenvalue weighted by Gasteiger charge is -2.23. The Bertz CT molecular complexity index is 1050. The number of para-hydroxylation sites is 1. The zero-order valence-electron chi connectivity index (χ0n) is 14.9. The first-order valence-electron chi connectivity index (χ1n) is 8.19. The van der Waals surface area contributed by atoms with Gasteiger partial charge in [-0.1, -0.05) is 48.5 Å². The molecule has 0 saturated carbocycles. The maximum absolute atomic E-state index is 12.4. The average Bonchev–Trinajstić information content (AvgIpc) is 3.09. The Labute approximate surface area is 162 Å². The third-order valence-corrected chi connectivity index (χ3v) is 5.78. The van der Waals surface area contributed by atoms with E-state index in [-0.39, 0.29) is 6.54 Å².